The van der Waals surface area contributed by atoms with E-state index >= 15 is 0 Å². The van der Waals surface area contributed by atoms with Crippen molar-refractivity contribution in [3.8, 4) is 12.3 Å². The molecule has 1 aliphatic heterocycles. The number of nitrogens with zero attached hydrogens (tertiary/aromatic N) is 2. The van der Waals surface area contributed by atoms with Crippen LogP contribution in [0.4, 0.5) is 0 Å². The van der Waals surface area contributed by atoms with E-state index in [1.807, 2.05) is 0 Å². The standard InChI is InChI=1S/C14H15N3O4/c1-2-3-5-14(16-17-14)6-4-12(18)15-8-11-7-10(9-21-11)13(19)20/h1,7,9H,3-6,8H2,(H,15,18)(H,19,20). The summed E-state index contributed by atoms with van der Waals surface area (Å²) in [6.45, 7) is 0.151. The molecule has 2 heterocycles. The van der Waals surface area contributed by atoms with Crippen molar-refractivity contribution in [2.24, 2.45) is 10.2 Å². The quantitative estimate of drug-likeness (QED) is 0.713. The van der Waals surface area contributed by atoms with Crippen LogP contribution in [0.1, 0.15) is 41.8 Å². The maximum atomic E-state index is 11.7. The third-order valence-electron chi connectivity index (χ3n) is 3.17. The van der Waals surface area contributed by atoms with Gasteiger partial charge in [0.25, 0.3) is 0 Å². The number of hydrogen-bond acceptors (Lipinski definition) is 5. The lowest BCUT2D eigenvalue weighted by molar-refractivity contribution is -0.121. The summed E-state index contributed by atoms with van der Waals surface area (Å²) in [4.78, 5) is 22.4. The summed E-state index contributed by atoms with van der Waals surface area (Å²) in [6, 6.07) is 1.38. The van der Waals surface area contributed by atoms with E-state index < -0.39 is 11.6 Å². The van der Waals surface area contributed by atoms with E-state index in [0.717, 1.165) is 6.26 Å². The Morgan fingerprint density at radius 1 is 1.43 bits per heavy atom. The number of aromatic carboxylic acids is 1. The molecule has 0 spiro atoms. The molecule has 0 saturated heterocycles. The number of hydrogen-bond donors (Lipinski definition) is 2. The van der Waals surface area contributed by atoms with Crippen LogP contribution in [-0.2, 0) is 11.3 Å². The molecule has 1 aromatic rings. The summed E-state index contributed by atoms with van der Waals surface area (Å²) < 4.78 is 5.03. The average molecular weight is 289 g/mol. The summed E-state index contributed by atoms with van der Waals surface area (Å²) in [5.74, 6) is 1.69. The Morgan fingerprint density at radius 2 is 2.19 bits per heavy atom. The van der Waals surface area contributed by atoms with Gasteiger partial charge in [-0.1, -0.05) is 0 Å². The lowest BCUT2D eigenvalue weighted by Gasteiger charge is -2.08. The van der Waals surface area contributed by atoms with Crippen LogP contribution in [-0.4, -0.2) is 22.6 Å². The summed E-state index contributed by atoms with van der Waals surface area (Å²) in [6.07, 6.45) is 8.38. The number of terminal acetylenes is 1. The van der Waals surface area contributed by atoms with Crippen LogP contribution in [0, 0.1) is 12.3 Å². The van der Waals surface area contributed by atoms with E-state index in [0.29, 0.717) is 25.0 Å². The third kappa shape index (κ3) is 4.18. The van der Waals surface area contributed by atoms with Gasteiger partial charge in [-0.2, -0.15) is 10.2 Å². The lowest BCUT2D eigenvalue weighted by Crippen LogP contribution is -2.24. The van der Waals surface area contributed by atoms with Crippen LogP contribution < -0.4 is 5.32 Å². The molecule has 0 fully saturated rings. The SMILES string of the molecule is C#CCCC1(CCC(=O)NCc2cc(C(=O)O)co2)N=N1. The lowest BCUT2D eigenvalue weighted by atomic mass is 10.0. The van der Waals surface area contributed by atoms with Gasteiger partial charge in [0, 0.05) is 25.7 Å². The second-order valence-corrected chi connectivity index (χ2v) is 4.77. The zero-order chi connectivity index (χ0) is 15.3. The second kappa shape index (κ2) is 6.22. The largest absolute Gasteiger partial charge is 0.478 e. The molecule has 0 aliphatic carbocycles. The van der Waals surface area contributed by atoms with Crippen molar-refractivity contribution in [1.82, 2.24) is 5.32 Å². The van der Waals surface area contributed by atoms with Crippen molar-refractivity contribution in [3.05, 3.63) is 23.7 Å². The molecule has 0 aromatic carbocycles. The highest BCUT2D eigenvalue weighted by Gasteiger charge is 2.39. The zero-order valence-corrected chi connectivity index (χ0v) is 11.3. The number of carboxylic acid groups (broad SMARTS) is 1. The smallest absolute Gasteiger partial charge is 0.338 e. The van der Waals surface area contributed by atoms with Crippen molar-refractivity contribution < 1.29 is 19.1 Å². The molecule has 0 radical (unpaired) electrons. The van der Waals surface area contributed by atoms with Crippen molar-refractivity contribution in [1.29, 1.82) is 0 Å². The van der Waals surface area contributed by atoms with E-state index in [-0.39, 0.29) is 24.4 Å². The first-order valence-electron chi connectivity index (χ1n) is 6.49. The minimum atomic E-state index is -1.07. The van der Waals surface area contributed by atoms with Gasteiger partial charge < -0.3 is 14.8 Å². The first kappa shape index (κ1) is 14.8. The number of carboxylic acids is 1. The molecule has 21 heavy (non-hydrogen) atoms. The summed E-state index contributed by atoms with van der Waals surface area (Å²) in [5.41, 5.74) is -0.409. The van der Waals surface area contributed by atoms with E-state index in [4.69, 9.17) is 15.9 Å². The molecule has 0 unspecified atom stereocenters. The third-order valence-corrected chi connectivity index (χ3v) is 3.17. The van der Waals surface area contributed by atoms with Gasteiger partial charge in [-0.3, -0.25) is 4.79 Å². The van der Waals surface area contributed by atoms with Gasteiger partial charge in [0.05, 0.1) is 12.1 Å². The second-order valence-electron chi connectivity index (χ2n) is 4.77. The Kier molecular flexibility index (Phi) is 4.38. The highest BCUT2D eigenvalue weighted by molar-refractivity contribution is 5.87. The van der Waals surface area contributed by atoms with Crippen LogP contribution in [0.5, 0.6) is 0 Å². The van der Waals surface area contributed by atoms with E-state index in [1.165, 1.54) is 6.07 Å². The molecular formula is C14H15N3O4. The van der Waals surface area contributed by atoms with Crippen molar-refractivity contribution in [3.63, 3.8) is 0 Å². The average Bonchev–Trinajstić information content (AvgIpc) is 3.07. The minimum Gasteiger partial charge on any atom is -0.478 e. The van der Waals surface area contributed by atoms with Crippen LogP contribution >= 0.6 is 0 Å². The zero-order valence-electron chi connectivity index (χ0n) is 11.3. The normalized spacial score (nSPS) is 14.4. The fourth-order valence-electron chi connectivity index (χ4n) is 1.84. The first-order valence-corrected chi connectivity index (χ1v) is 6.49. The fourth-order valence-corrected chi connectivity index (χ4v) is 1.84. The van der Waals surface area contributed by atoms with Gasteiger partial charge >= 0.3 is 5.97 Å². The van der Waals surface area contributed by atoms with Crippen LogP contribution in [0.25, 0.3) is 0 Å². The first-order chi connectivity index (χ1) is 10.0. The van der Waals surface area contributed by atoms with Gasteiger partial charge in [0.1, 0.15) is 12.0 Å². The van der Waals surface area contributed by atoms with Crippen molar-refractivity contribution in [2.45, 2.75) is 37.9 Å². The van der Waals surface area contributed by atoms with E-state index in [9.17, 15) is 9.59 Å². The monoisotopic (exact) mass is 289 g/mol. The summed E-state index contributed by atoms with van der Waals surface area (Å²) in [7, 11) is 0. The predicted octanol–water partition coefficient (Wildman–Crippen LogP) is 1.95. The van der Waals surface area contributed by atoms with Crippen LogP contribution in [0.2, 0.25) is 0 Å². The maximum absolute atomic E-state index is 11.7. The fraction of sp³-hybridized carbons (Fsp3) is 0.429. The van der Waals surface area contributed by atoms with Gasteiger partial charge in [-0.25, -0.2) is 4.79 Å². The molecule has 2 N–H and O–H groups in total. The van der Waals surface area contributed by atoms with Gasteiger partial charge in [0.15, 0.2) is 5.66 Å². The molecule has 2 rings (SSSR count). The maximum Gasteiger partial charge on any atom is 0.338 e. The minimum absolute atomic E-state index is 0.0584. The Morgan fingerprint density at radius 3 is 2.76 bits per heavy atom. The van der Waals surface area contributed by atoms with Gasteiger partial charge in [-0.05, 0) is 6.07 Å². The topological polar surface area (TPSA) is 104 Å². The highest BCUT2D eigenvalue weighted by Crippen LogP contribution is 2.37. The number of furan rings is 1. The molecule has 1 aliphatic rings. The molecule has 0 atom stereocenters. The number of amides is 1. The molecule has 1 aromatic heterocycles. The Hall–Kier alpha value is -2.62. The molecule has 0 bridgehead atoms. The number of rotatable bonds is 8. The predicted molar refractivity (Wildman–Crippen MR) is 72.4 cm³/mol. The molecule has 0 saturated carbocycles. The molecule has 7 heteroatoms. The Balaban J connectivity index is 1.70. The van der Waals surface area contributed by atoms with Crippen LogP contribution in [0.3, 0.4) is 0 Å². The number of carbonyl (C=O) groups is 2. The summed E-state index contributed by atoms with van der Waals surface area (Å²) in [5, 5.41) is 19.3. The molecular weight excluding hydrogens is 274 g/mol. The van der Waals surface area contributed by atoms with Gasteiger partial charge in [0.2, 0.25) is 5.91 Å². The van der Waals surface area contributed by atoms with Gasteiger partial charge in [-0.15, -0.1) is 12.3 Å². The Bertz CT molecular complexity index is 606. The van der Waals surface area contributed by atoms with E-state index in [2.05, 4.69) is 21.5 Å². The highest BCUT2D eigenvalue weighted by atomic mass is 16.4. The summed E-state index contributed by atoms with van der Waals surface area (Å²) >= 11 is 0. The van der Waals surface area contributed by atoms with E-state index in [1.54, 1.807) is 0 Å². The number of carbonyl (C=O) groups excluding carboxylic acids is 1. The van der Waals surface area contributed by atoms with Crippen molar-refractivity contribution >= 4 is 11.9 Å². The van der Waals surface area contributed by atoms with Crippen LogP contribution in [0.15, 0.2) is 27.0 Å². The Labute approximate surface area is 121 Å². The number of nitrogens with one attached hydrogen (secondary N) is 1. The van der Waals surface area contributed by atoms with Crippen molar-refractivity contribution in [2.75, 3.05) is 0 Å². The molecule has 110 valence electrons. The molecule has 1 amide bonds. The molecule has 7 nitrogen and oxygen atoms in total.